The molecule has 1 unspecified atom stereocenters. The van der Waals surface area contributed by atoms with Crippen LogP contribution >= 0.6 is 11.8 Å². The summed E-state index contributed by atoms with van der Waals surface area (Å²) in [6, 6.07) is 7.46. The van der Waals surface area contributed by atoms with Gasteiger partial charge < -0.3 is 5.32 Å². The Kier molecular flexibility index (Phi) is 4.21. The molecule has 2 N–H and O–H groups in total. The van der Waals surface area contributed by atoms with Gasteiger partial charge >= 0.3 is 0 Å². The summed E-state index contributed by atoms with van der Waals surface area (Å²) in [5, 5.41) is 4.51. The van der Waals surface area contributed by atoms with Gasteiger partial charge in [-0.25, -0.2) is 0 Å². The smallest absolute Gasteiger partial charge is 0.240 e. The number of carbonyl (C=O) groups excluding carboxylic acids is 3. The number of hydrogen-bond acceptors (Lipinski definition) is 4. The molecule has 1 aliphatic heterocycles. The first-order valence-corrected chi connectivity index (χ1v) is 6.91. The molecular weight excluding hydrogens is 264 g/mol. The molecule has 0 aliphatic carbocycles. The van der Waals surface area contributed by atoms with Crippen LogP contribution in [-0.4, -0.2) is 28.7 Å². The molecule has 0 saturated carbocycles. The Balaban J connectivity index is 1.80. The van der Waals surface area contributed by atoms with Gasteiger partial charge in [0.15, 0.2) is 0 Å². The van der Waals surface area contributed by atoms with E-state index in [-0.39, 0.29) is 29.9 Å². The van der Waals surface area contributed by atoms with Gasteiger partial charge in [0.25, 0.3) is 0 Å². The molecule has 19 heavy (non-hydrogen) atoms. The molecule has 6 heteroatoms. The van der Waals surface area contributed by atoms with Crippen molar-refractivity contribution in [3.05, 3.63) is 29.8 Å². The second-order valence-corrected chi connectivity index (χ2v) is 5.52. The van der Waals surface area contributed by atoms with Crippen LogP contribution in [0, 0.1) is 6.92 Å². The number of imide groups is 1. The number of benzene rings is 1. The molecular formula is C13H14N2O3S. The molecule has 1 saturated heterocycles. The van der Waals surface area contributed by atoms with E-state index in [1.807, 2.05) is 31.2 Å². The van der Waals surface area contributed by atoms with E-state index in [0.717, 1.165) is 11.3 Å². The van der Waals surface area contributed by atoms with Crippen molar-refractivity contribution < 1.29 is 14.4 Å². The number of carbonyl (C=O) groups is 3. The first-order chi connectivity index (χ1) is 9.04. The van der Waals surface area contributed by atoms with E-state index in [1.165, 1.54) is 11.8 Å². The topological polar surface area (TPSA) is 75.3 Å². The Morgan fingerprint density at radius 1 is 1.37 bits per heavy atom. The molecule has 3 amide bonds. The normalized spacial score (nSPS) is 18.3. The van der Waals surface area contributed by atoms with Crippen molar-refractivity contribution in [2.45, 2.75) is 18.6 Å². The van der Waals surface area contributed by atoms with Crippen LogP contribution in [-0.2, 0) is 14.4 Å². The maximum absolute atomic E-state index is 11.7. The standard InChI is InChI=1S/C13H14N2O3S/c1-8-2-4-9(5-3-8)14-12(17)7-19-10-6-11(16)15-13(10)18/h2-5,10H,6-7H2,1H3,(H,14,17)(H,15,16,18). The van der Waals surface area contributed by atoms with Gasteiger partial charge in [-0.1, -0.05) is 17.7 Å². The van der Waals surface area contributed by atoms with Crippen molar-refractivity contribution in [3.63, 3.8) is 0 Å². The Hall–Kier alpha value is -1.82. The summed E-state index contributed by atoms with van der Waals surface area (Å²) in [6.45, 7) is 1.97. The highest BCUT2D eigenvalue weighted by molar-refractivity contribution is 8.01. The molecule has 2 rings (SSSR count). The summed E-state index contributed by atoms with van der Waals surface area (Å²) in [6.07, 6.45) is 0.154. The molecule has 5 nitrogen and oxygen atoms in total. The average molecular weight is 278 g/mol. The number of anilines is 1. The zero-order chi connectivity index (χ0) is 13.8. The third-order valence-electron chi connectivity index (χ3n) is 2.68. The molecule has 1 atom stereocenters. The Labute approximate surface area is 115 Å². The third kappa shape index (κ3) is 3.82. The highest BCUT2D eigenvalue weighted by atomic mass is 32.2. The van der Waals surface area contributed by atoms with E-state index in [0.29, 0.717) is 0 Å². The molecule has 100 valence electrons. The number of amides is 3. The zero-order valence-corrected chi connectivity index (χ0v) is 11.3. The molecule has 0 bridgehead atoms. The lowest BCUT2D eigenvalue weighted by atomic mass is 10.2. The summed E-state index contributed by atoms with van der Waals surface area (Å²) in [7, 11) is 0. The van der Waals surface area contributed by atoms with Crippen LogP contribution in [0.15, 0.2) is 24.3 Å². The van der Waals surface area contributed by atoms with E-state index in [1.54, 1.807) is 0 Å². The molecule has 1 aromatic carbocycles. The number of hydrogen-bond donors (Lipinski definition) is 2. The summed E-state index contributed by atoms with van der Waals surface area (Å²) < 4.78 is 0. The monoisotopic (exact) mass is 278 g/mol. The van der Waals surface area contributed by atoms with E-state index in [9.17, 15) is 14.4 Å². The van der Waals surface area contributed by atoms with E-state index in [2.05, 4.69) is 10.6 Å². The molecule has 1 aromatic rings. The number of rotatable bonds is 4. The minimum atomic E-state index is -0.448. The van der Waals surface area contributed by atoms with Gasteiger partial charge in [0, 0.05) is 12.1 Å². The van der Waals surface area contributed by atoms with Crippen LogP contribution in [0.3, 0.4) is 0 Å². The first-order valence-electron chi connectivity index (χ1n) is 5.86. The third-order valence-corrected chi connectivity index (χ3v) is 3.89. The van der Waals surface area contributed by atoms with E-state index in [4.69, 9.17) is 0 Å². The van der Waals surface area contributed by atoms with E-state index < -0.39 is 5.25 Å². The lowest BCUT2D eigenvalue weighted by molar-refractivity contribution is -0.124. The summed E-state index contributed by atoms with van der Waals surface area (Å²) in [5.41, 5.74) is 1.84. The SMILES string of the molecule is Cc1ccc(NC(=O)CSC2CC(=O)NC2=O)cc1. The van der Waals surface area contributed by atoms with Crippen molar-refractivity contribution in [1.29, 1.82) is 0 Å². The second-order valence-electron chi connectivity index (χ2n) is 4.33. The fraction of sp³-hybridized carbons (Fsp3) is 0.308. The number of nitrogens with one attached hydrogen (secondary N) is 2. The van der Waals surface area contributed by atoms with Gasteiger partial charge in [0.05, 0.1) is 11.0 Å². The predicted molar refractivity (Wildman–Crippen MR) is 73.8 cm³/mol. The fourth-order valence-electron chi connectivity index (χ4n) is 1.67. The van der Waals surface area contributed by atoms with Crippen molar-refractivity contribution in [2.75, 3.05) is 11.1 Å². The maximum atomic E-state index is 11.7. The molecule has 1 heterocycles. The molecule has 1 fully saturated rings. The second kappa shape index (κ2) is 5.88. The summed E-state index contributed by atoms with van der Waals surface area (Å²) >= 11 is 1.18. The minimum absolute atomic E-state index is 0.152. The van der Waals surface area contributed by atoms with Crippen molar-refractivity contribution in [3.8, 4) is 0 Å². The van der Waals surface area contributed by atoms with Crippen LogP contribution in [0.2, 0.25) is 0 Å². The highest BCUT2D eigenvalue weighted by Crippen LogP contribution is 2.19. The maximum Gasteiger partial charge on any atom is 0.240 e. The van der Waals surface area contributed by atoms with Crippen LogP contribution in [0.25, 0.3) is 0 Å². The van der Waals surface area contributed by atoms with Gasteiger partial charge in [0.1, 0.15) is 0 Å². The Bertz CT molecular complexity index is 513. The van der Waals surface area contributed by atoms with Crippen molar-refractivity contribution >= 4 is 35.2 Å². The number of thioether (sulfide) groups is 1. The molecule has 0 aromatic heterocycles. The van der Waals surface area contributed by atoms with Gasteiger partial charge in [0.2, 0.25) is 17.7 Å². The lowest BCUT2D eigenvalue weighted by Gasteiger charge is -2.07. The van der Waals surface area contributed by atoms with Gasteiger partial charge in [-0.3, -0.25) is 19.7 Å². The Morgan fingerprint density at radius 3 is 2.63 bits per heavy atom. The zero-order valence-electron chi connectivity index (χ0n) is 10.4. The first kappa shape index (κ1) is 13.6. The molecule has 1 aliphatic rings. The van der Waals surface area contributed by atoms with Crippen molar-refractivity contribution in [1.82, 2.24) is 5.32 Å². The quantitative estimate of drug-likeness (QED) is 0.808. The summed E-state index contributed by atoms with van der Waals surface area (Å²) in [4.78, 5) is 34.0. The van der Waals surface area contributed by atoms with Crippen LogP contribution in [0.4, 0.5) is 5.69 Å². The van der Waals surface area contributed by atoms with Crippen LogP contribution < -0.4 is 10.6 Å². The fourth-order valence-corrected chi connectivity index (χ4v) is 2.58. The lowest BCUT2D eigenvalue weighted by Crippen LogP contribution is -2.24. The predicted octanol–water partition coefficient (Wildman–Crippen LogP) is 1.08. The average Bonchev–Trinajstić information content (AvgIpc) is 2.68. The van der Waals surface area contributed by atoms with Gasteiger partial charge in [-0.15, -0.1) is 11.8 Å². The summed E-state index contributed by atoms with van der Waals surface area (Å²) in [5.74, 6) is -0.611. The minimum Gasteiger partial charge on any atom is -0.325 e. The van der Waals surface area contributed by atoms with Crippen LogP contribution in [0.1, 0.15) is 12.0 Å². The molecule has 0 radical (unpaired) electrons. The Morgan fingerprint density at radius 2 is 2.05 bits per heavy atom. The molecule has 0 spiro atoms. The van der Waals surface area contributed by atoms with Crippen molar-refractivity contribution in [2.24, 2.45) is 0 Å². The van der Waals surface area contributed by atoms with Gasteiger partial charge in [-0.05, 0) is 19.1 Å². The number of aryl methyl sites for hydroxylation is 1. The van der Waals surface area contributed by atoms with Gasteiger partial charge in [-0.2, -0.15) is 0 Å². The largest absolute Gasteiger partial charge is 0.325 e. The van der Waals surface area contributed by atoms with Crippen LogP contribution in [0.5, 0.6) is 0 Å². The van der Waals surface area contributed by atoms with E-state index >= 15 is 0 Å². The highest BCUT2D eigenvalue weighted by Gasteiger charge is 2.31.